The highest BCUT2D eigenvalue weighted by Crippen LogP contribution is 2.51. The number of amides is 2. The topological polar surface area (TPSA) is 162 Å². The van der Waals surface area contributed by atoms with Gasteiger partial charge in [0.25, 0.3) is 17.4 Å². The third kappa shape index (κ3) is 6.83. The second-order valence-electron chi connectivity index (χ2n) is 11.5. The number of nitrogens with zero attached hydrogens (tertiary/aromatic N) is 1. The van der Waals surface area contributed by atoms with Crippen LogP contribution in [-0.4, -0.2) is 65.0 Å². The molecule has 0 spiro atoms. The van der Waals surface area contributed by atoms with Crippen molar-refractivity contribution in [3.8, 4) is 23.0 Å². The monoisotopic (exact) mass is 546 g/mol. The normalized spacial score (nSPS) is 11.8. The zero-order valence-electron chi connectivity index (χ0n) is 24.3. The summed E-state index contributed by atoms with van der Waals surface area (Å²) in [4.78, 5) is 37.4. The Morgan fingerprint density at radius 1 is 0.846 bits per heavy atom. The number of aromatic nitrogens is 1. The average molecular weight is 547 g/mol. The minimum absolute atomic E-state index is 0.0908. The molecule has 0 saturated carbocycles. The molecule has 6 N–H and O–H groups in total. The first-order valence-corrected chi connectivity index (χ1v) is 12.8. The van der Waals surface area contributed by atoms with E-state index in [4.69, 9.17) is 4.74 Å². The first-order chi connectivity index (χ1) is 17.9. The van der Waals surface area contributed by atoms with Gasteiger partial charge in [-0.25, -0.2) is 0 Å². The average Bonchev–Trinajstić information content (AvgIpc) is 2.83. The summed E-state index contributed by atoms with van der Waals surface area (Å²) in [6.07, 6.45) is 0. The van der Waals surface area contributed by atoms with E-state index in [1.54, 1.807) is 6.92 Å². The van der Waals surface area contributed by atoms with Gasteiger partial charge in [0.15, 0.2) is 17.2 Å². The van der Waals surface area contributed by atoms with Gasteiger partial charge in [0, 0.05) is 50.0 Å². The van der Waals surface area contributed by atoms with Crippen LogP contribution in [0.15, 0.2) is 10.9 Å². The van der Waals surface area contributed by atoms with Crippen molar-refractivity contribution in [2.75, 3.05) is 33.3 Å². The van der Waals surface area contributed by atoms with Crippen molar-refractivity contribution in [1.29, 1.82) is 0 Å². The van der Waals surface area contributed by atoms with Crippen molar-refractivity contribution in [3.05, 3.63) is 44.4 Å². The van der Waals surface area contributed by atoms with Crippen molar-refractivity contribution in [3.63, 3.8) is 0 Å². The van der Waals surface area contributed by atoms with Crippen LogP contribution in [0.3, 0.4) is 0 Å². The Balaban J connectivity index is 2.03. The standard InChI is InChI=1S/C28H42N4O7/c1-15-14-16(20(33)26(38)32(15)8)24(36)30-12-10-29-11-13-31-25(37)17-21(34)22(35)18(27(2,3)4)19(23(17)39-9)28(5,6)7/h14,29,33-35H,10-13H2,1-9H3,(H,30,36)(H,31,37). The minimum Gasteiger partial charge on any atom is -0.504 e. The number of nitrogens with one attached hydrogen (secondary N) is 3. The predicted octanol–water partition coefficient (Wildman–Crippen LogP) is 2.16. The van der Waals surface area contributed by atoms with Gasteiger partial charge in [0.05, 0.1) is 12.7 Å². The second-order valence-corrected chi connectivity index (χ2v) is 11.5. The summed E-state index contributed by atoms with van der Waals surface area (Å²) in [7, 11) is 2.93. The van der Waals surface area contributed by atoms with Crippen LogP contribution >= 0.6 is 0 Å². The van der Waals surface area contributed by atoms with Gasteiger partial charge in [-0.3, -0.25) is 14.4 Å². The molecule has 216 valence electrons. The number of ether oxygens (including phenoxy) is 1. The molecule has 11 heteroatoms. The van der Waals surface area contributed by atoms with Crippen LogP contribution in [0, 0.1) is 6.92 Å². The number of pyridine rings is 1. The number of methoxy groups -OCH3 is 1. The maximum Gasteiger partial charge on any atom is 0.293 e. The zero-order chi connectivity index (χ0) is 29.9. The third-order valence-corrected chi connectivity index (χ3v) is 6.40. The van der Waals surface area contributed by atoms with Crippen LogP contribution in [-0.2, 0) is 17.9 Å². The van der Waals surface area contributed by atoms with Crippen LogP contribution in [0.1, 0.15) is 79.1 Å². The Labute approximate surface area is 229 Å². The summed E-state index contributed by atoms with van der Waals surface area (Å²) in [5, 5.41) is 40.1. The van der Waals surface area contributed by atoms with Gasteiger partial charge in [-0.05, 0) is 23.8 Å². The Morgan fingerprint density at radius 2 is 1.36 bits per heavy atom. The number of carbonyl (C=O) groups is 2. The Bertz CT molecular complexity index is 1300. The first-order valence-electron chi connectivity index (χ1n) is 12.8. The number of carbonyl (C=O) groups excluding carboxylic acids is 2. The lowest BCUT2D eigenvalue weighted by Gasteiger charge is -2.33. The molecule has 0 aliphatic carbocycles. The Kier molecular flexibility index (Phi) is 9.67. The summed E-state index contributed by atoms with van der Waals surface area (Å²) in [5.41, 5.74) is -0.200. The molecule has 2 aromatic rings. The Morgan fingerprint density at radius 3 is 1.85 bits per heavy atom. The molecule has 0 saturated heterocycles. The fraction of sp³-hybridized carbons (Fsp3) is 0.536. The number of hydrogen-bond acceptors (Lipinski definition) is 8. The predicted molar refractivity (Wildman–Crippen MR) is 149 cm³/mol. The van der Waals surface area contributed by atoms with Crippen molar-refractivity contribution in [2.24, 2.45) is 7.05 Å². The number of aryl methyl sites for hydroxylation is 1. The maximum atomic E-state index is 13.1. The minimum atomic E-state index is -0.646. The van der Waals surface area contributed by atoms with E-state index in [1.807, 2.05) is 41.5 Å². The van der Waals surface area contributed by atoms with Crippen molar-refractivity contribution in [1.82, 2.24) is 20.5 Å². The molecule has 0 radical (unpaired) electrons. The van der Waals surface area contributed by atoms with Crippen LogP contribution < -0.4 is 26.2 Å². The molecule has 0 unspecified atom stereocenters. The summed E-state index contributed by atoms with van der Waals surface area (Å²) in [5.74, 6) is -2.44. The molecule has 0 fully saturated rings. The summed E-state index contributed by atoms with van der Waals surface area (Å²) < 4.78 is 6.87. The lowest BCUT2D eigenvalue weighted by atomic mass is 9.73. The van der Waals surface area contributed by atoms with Crippen molar-refractivity contribution >= 4 is 11.8 Å². The fourth-order valence-electron chi connectivity index (χ4n) is 4.38. The van der Waals surface area contributed by atoms with Gasteiger partial charge in [0.1, 0.15) is 11.3 Å². The third-order valence-electron chi connectivity index (χ3n) is 6.40. The second kappa shape index (κ2) is 12.0. The smallest absolute Gasteiger partial charge is 0.293 e. The van der Waals surface area contributed by atoms with Gasteiger partial charge in [0.2, 0.25) is 0 Å². The molecule has 0 atom stereocenters. The summed E-state index contributed by atoms with van der Waals surface area (Å²) in [6, 6.07) is 1.44. The number of phenolic OH excluding ortho intramolecular Hbond substituents is 2. The van der Waals surface area contributed by atoms with Gasteiger partial charge in [-0.2, -0.15) is 0 Å². The maximum absolute atomic E-state index is 13.1. The van der Waals surface area contributed by atoms with Crippen molar-refractivity contribution < 1.29 is 29.6 Å². The van der Waals surface area contributed by atoms with E-state index in [2.05, 4.69) is 16.0 Å². The quantitative estimate of drug-likeness (QED) is 0.206. The van der Waals surface area contributed by atoms with E-state index in [1.165, 1.54) is 24.8 Å². The molecular weight excluding hydrogens is 504 g/mol. The van der Waals surface area contributed by atoms with Gasteiger partial charge in [-0.1, -0.05) is 41.5 Å². The fourth-order valence-corrected chi connectivity index (χ4v) is 4.38. The van der Waals surface area contributed by atoms with E-state index in [-0.39, 0.29) is 35.7 Å². The molecule has 0 aliphatic heterocycles. The van der Waals surface area contributed by atoms with Gasteiger partial charge < -0.3 is 40.6 Å². The lowest BCUT2D eigenvalue weighted by Crippen LogP contribution is -2.37. The highest BCUT2D eigenvalue weighted by molar-refractivity contribution is 6.01. The molecule has 11 nitrogen and oxygen atoms in total. The molecule has 39 heavy (non-hydrogen) atoms. The molecule has 2 amide bonds. The Hall–Kier alpha value is -3.73. The molecular formula is C28H42N4O7. The largest absolute Gasteiger partial charge is 0.504 e. The highest BCUT2D eigenvalue weighted by atomic mass is 16.5. The number of hydrogen-bond donors (Lipinski definition) is 6. The first kappa shape index (κ1) is 31.5. The van der Waals surface area contributed by atoms with E-state index >= 15 is 0 Å². The lowest BCUT2D eigenvalue weighted by molar-refractivity contribution is 0.0942. The molecule has 1 heterocycles. The highest BCUT2D eigenvalue weighted by Gasteiger charge is 2.37. The van der Waals surface area contributed by atoms with Crippen LogP contribution in [0.4, 0.5) is 0 Å². The number of benzene rings is 1. The zero-order valence-corrected chi connectivity index (χ0v) is 24.3. The SMILES string of the molecule is COc1c(C(=O)NCCNCCNC(=O)c2cc(C)n(C)c(=O)c2O)c(O)c(O)c(C(C)(C)C)c1C(C)(C)C. The van der Waals surface area contributed by atoms with E-state index in [9.17, 15) is 29.7 Å². The number of rotatable bonds is 9. The molecule has 0 aliphatic rings. The van der Waals surface area contributed by atoms with Crippen molar-refractivity contribution in [2.45, 2.75) is 59.3 Å². The van der Waals surface area contributed by atoms with Gasteiger partial charge >= 0.3 is 0 Å². The summed E-state index contributed by atoms with van der Waals surface area (Å²) in [6.45, 7) is 14.3. The van der Waals surface area contributed by atoms with Gasteiger partial charge in [-0.15, -0.1) is 0 Å². The summed E-state index contributed by atoms with van der Waals surface area (Å²) >= 11 is 0. The number of phenols is 2. The van der Waals surface area contributed by atoms with E-state index in [0.29, 0.717) is 29.9 Å². The van der Waals surface area contributed by atoms with Crippen LogP contribution in [0.5, 0.6) is 23.0 Å². The molecule has 1 aromatic carbocycles. The molecule has 0 bridgehead atoms. The molecule has 2 rings (SSSR count). The van der Waals surface area contributed by atoms with Crippen LogP contribution in [0.2, 0.25) is 0 Å². The van der Waals surface area contributed by atoms with E-state index in [0.717, 1.165) is 0 Å². The van der Waals surface area contributed by atoms with Crippen LogP contribution in [0.25, 0.3) is 0 Å². The number of aromatic hydroxyl groups is 3. The molecule has 1 aromatic heterocycles. The van der Waals surface area contributed by atoms with E-state index < -0.39 is 39.7 Å².